The molecule has 1 aromatic rings. The molecule has 4 saturated carbocycles. The largest absolute Gasteiger partial charge is 0.357 e. The van der Waals surface area contributed by atoms with E-state index in [0.29, 0.717) is 5.54 Å². The van der Waals surface area contributed by atoms with Crippen LogP contribution in [0.2, 0.25) is 0 Å². The molecular weight excluding hydrogens is 304 g/mol. The van der Waals surface area contributed by atoms with Gasteiger partial charge in [0.1, 0.15) is 6.23 Å². The molecule has 6 rings (SSSR count). The van der Waals surface area contributed by atoms with Crippen molar-refractivity contribution in [1.82, 2.24) is 4.90 Å². The van der Waals surface area contributed by atoms with E-state index in [-0.39, 0.29) is 16.8 Å². The predicted molar refractivity (Wildman–Crippen MR) is 89.4 cm³/mol. The Kier molecular flexibility index (Phi) is 3.26. The van der Waals surface area contributed by atoms with Gasteiger partial charge in [-0.05, 0) is 74.0 Å². The second kappa shape index (κ2) is 5.27. The van der Waals surface area contributed by atoms with Crippen LogP contribution < -0.4 is 0 Å². The minimum absolute atomic E-state index is 0.0259. The third kappa shape index (κ3) is 2.21. The van der Waals surface area contributed by atoms with Crippen molar-refractivity contribution >= 4 is 5.69 Å². The van der Waals surface area contributed by atoms with Gasteiger partial charge in [0.15, 0.2) is 0 Å². The van der Waals surface area contributed by atoms with E-state index < -0.39 is 0 Å². The Bertz CT molecular complexity index is 622. The van der Waals surface area contributed by atoms with Crippen LogP contribution in [0.1, 0.15) is 50.3 Å². The first-order valence-corrected chi connectivity index (χ1v) is 9.26. The molecule has 0 aromatic heterocycles. The first kappa shape index (κ1) is 14.8. The van der Waals surface area contributed by atoms with Crippen molar-refractivity contribution in [2.75, 3.05) is 13.2 Å². The monoisotopic (exact) mass is 328 g/mol. The highest BCUT2D eigenvalue weighted by molar-refractivity contribution is 5.34. The molecule has 5 aliphatic rings. The van der Waals surface area contributed by atoms with E-state index in [1.165, 1.54) is 38.5 Å². The van der Waals surface area contributed by atoms with Gasteiger partial charge in [0, 0.05) is 24.2 Å². The first-order chi connectivity index (χ1) is 11.6. The molecule has 24 heavy (non-hydrogen) atoms. The van der Waals surface area contributed by atoms with Crippen LogP contribution in [-0.2, 0) is 4.74 Å². The topological polar surface area (TPSA) is 55.6 Å². The van der Waals surface area contributed by atoms with Crippen LogP contribution in [0.5, 0.6) is 0 Å². The van der Waals surface area contributed by atoms with Crippen LogP contribution in [0.3, 0.4) is 0 Å². The van der Waals surface area contributed by atoms with Crippen molar-refractivity contribution in [3.63, 3.8) is 0 Å². The Hall–Kier alpha value is -1.46. The zero-order valence-corrected chi connectivity index (χ0v) is 13.9. The van der Waals surface area contributed by atoms with Crippen LogP contribution in [0.15, 0.2) is 24.3 Å². The van der Waals surface area contributed by atoms with Gasteiger partial charge in [-0.1, -0.05) is 0 Å². The summed E-state index contributed by atoms with van der Waals surface area (Å²) in [6, 6.07) is 6.97. The number of rotatable bonds is 3. The van der Waals surface area contributed by atoms with Crippen molar-refractivity contribution in [1.29, 1.82) is 0 Å². The lowest BCUT2D eigenvalue weighted by Gasteiger charge is -2.60. The van der Waals surface area contributed by atoms with Crippen molar-refractivity contribution in [2.24, 2.45) is 17.8 Å². The molecule has 5 nitrogen and oxygen atoms in total. The molecule has 0 N–H and O–H groups in total. The summed E-state index contributed by atoms with van der Waals surface area (Å²) in [5.74, 6) is 2.73. The highest BCUT2D eigenvalue weighted by Gasteiger charge is 2.55. The zero-order valence-electron chi connectivity index (χ0n) is 13.9. The van der Waals surface area contributed by atoms with Crippen LogP contribution in [0, 0.1) is 27.9 Å². The molecule has 1 saturated heterocycles. The molecule has 5 fully saturated rings. The average Bonchev–Trinajstić information content (AvgIpc) is 3.04. The van der Waals surface area contributed by atoms with Crippen molar-refractivity contribution in [3.8, 4) is 0 Å². The smallest absolute Gasteiger partial charge is 0.269 e. The van der Waals surface area contributed by atoms with E-state index in [0.717, 1.165) is 36.5 Å². The number of hydrogen-bond acceptors (Lipinski definition) is 4. The van der Waals surface area contributed by atoms with Gasteiger partial charge in [-0.15, -0.1) is 0 Å². The fraction of sp³-hybridized carbons (Fsp3) is 0.684. The molecule has 0 radical (unpaired) electrons. The average molecular weight is 328 g/mol. The summed E-state index contributed by atoms with van der Waals surface area (Å²) in [5.41, 5.74) is 1.53. The molecule has 4 aliphatic carbocycles. The fourth-order valence-corrected chi connectivity index (χ4v) is 6.41. The summed E-state index contributed by atoms with van der Waals surface area (Å²) in [6.45, 7) is 1.76. The molecule has 4 bridgehead atoms. The van der Waals surface area contributed by atoms with Gasteiger partial charge in [0.05, 0.1) is 11.5 Å². The summed E-state index contributed by atoms with van der Waals surface area (Å²) >= 11 is 0. The minimum Gasteiger partial charge on any atom is -0.357 e. The SMILES string of the molecule is O=[N+]([O-])c1ccc([C@@H]2OCCN2C23CC4CC(CC(C4)C2)C3)cc1. The van der Waals surface area contributed by atoms with Crippen LogP contribution in [0.4, 0.5) is 5.69 Å². The van der Waals surface area contributed by atoms with Gasteiger partial charge in [-0.2, -0.15) is 0 Å². The van der Waals surface area contributed by atoms with Crippen molar-refractivity contribution in [3.05, 3.63) is 39.9 Å². The maximum absolute atomic E-state index is 10.9. The quantitative estimate of drug-likeness (QED) is 0.624. The van der Waals surface area contributed by atoms with Gasteiger partial charge in [0.2, 0.25) is 0 Å². The van der Waals surface area contributed by atoms with Gasteiger partial charge in [-0.3, -0.25) is 15.0 Å². The molecule has 1 aliphatic heterocycles. The highest BCUT2D eigenvalue weighted by Crippen LogP contribution is 2.59. The Balaban J connectivity index is 1.44. The number of non-ortho nitro benzene ring substituents is 1. The van der Waals surface area contributed by atoms with E-state index in [1.54, 1.807) is 12.1 Å². The van der Waals surface area contributed by atoms with Gasteiger partial charge < -0.3 is 4.74 Å². The first-order valence-electron chi connectivity index (χ1n) is 9.26. The third-order valence-corrected chi connectivity index (χ3v) is 6.90. The lowest BCUT2D eigenvalue weighted by atomic mass is 9.52. The van der Waals surface area contributed by atoms with Gasteiger partial charge in [-0.25, -0.2) is 0 Å². The van der Waals surface area contributed by atoms with E-state index in [9.17, 15) is 10.1 Å². The number of nitro benzene ring substituents is 1. The van der Waals surface area contributed by atoms with Crippen LogP contribution >= 0.6 is 0 Å². The maximum atomic E-state index is 10.9. The second-order valence-electron chi connectivity index (χ2n) is 8.41. The summed E-state index contributed by atoms with van der Waals surface area (Å²) in [6.07, 6.45) is 8.27. The normalized spacial score (nSPS) is 41.0. The molecule has 0 spiro atoms. The van der Waals surface area contributed by atoms with E-state index in [4.69, 9.17) is 4.74 Å². The minimum atomic E-state index is -0.337. The summed E-state index contributed by atoms with van der Waals surface area (Å²) in [7, 11) is 0. The molecule has 1 heterocycles. The van der Waals surface area contributed by atoms with E-state index in [1.807, 2.05) is 12.1 Å². The predicted octanol–water partition coefficient (Wildman–Crippen LogP) is 3.89. The number of hydrogen-bond donors (Lipinski definition) is 0. The molecule has 5 heteroatoms. The molecular formula is C19H24N2O3. The lowest BCUT2D eigenvalue weighted by molar-refractivity contribution is -0.384. The maximum Gasteiger partial charge on any atom is 0.269 e. The zero-order chi connectivity index (χ0) is 16.3. The summed E-state index contributed by atoms with van der Waals surface area (Å²) < 4.78 is 6.10. The van der Waals surface area contributed by atoms with Crippen molar-refractivity contribution in [2.45, 2.75) is 50.3 Å². The highest BCUT2D eigenvalue weighted by atomic mass is 16.6. The summed E-state index contributed by atoms with van der Waals surface area (Å²) in [4.78, 5) is 13.2. The number of nitrogens with zero attached hydrogens (tertiary/aromatic N) is 2. The number of ether oxygens (including phenoxy) is 1. The third-order valence-electron chi connectivity index (χ3n) is 6.90. The fourth-order valence-electron chi connectivity index (χ4n) is 6.41. The lowest BCUT2D eigenvalue weighted by Crippen LogP contribution is -2.59. The Morgan fingerprint density at radius 3 is 2.17 bits per heavy atom. The van der Waals surface area contributed by atoms with E-state index >= 15 is 0 Å². The number of benzene rings is 1. The second-order valence-corrected chi connectivity index (χ2v) is 8.41. The van der Waals surface area contributed by atoms with Gasteiger partial charge in [0.25, 0.3) is 5.69 Å². The molecule has 128 valence electrons. The Morgan fingerprint density at radius 2 is 1.62 bits per heavy atom. The standard InChI is InChI=1S/C19H24N2O3/c22-21(23)17-3-1-16(2-4-17)18-20(5-6-24-18)19-10-13-7-14(11-19)9-15(8-13)12-19/h1-4,13-15,18H,5-12H2/t13?,14?,15?,18-,19?/m0/s1. The molecule has 0 amide bonds. The summed E-state index contributed by atoms with van der Waals surface area (Å²) in [5, 5.41) is 10.9. The molecule has 1 atom stereocenters. The Labute approximate surface area is 142 Å². The van der Waals surface area contributed by atoms with Crippen LogP contribution in [0.25, 0.3) is 0 Å². The van der Waals surface area contributed by atoms with Gasteiger partial charge >= 0.3 is 0 Å². The Morgan fingerprint density at radius 1 is 1.04 bits per heavy atom. The van der Waals surface area contributed by atoms with E-state index in [2.05, 4.69) is 4.90 Å². The number of nitro groups is 1. The molecule has 1 aromatic carbocycles. The van der Waals surface area contributed by atoms with Crippen molar-refractivity contribution < 1.29 is 9.66 Å². The molecule has 0 unspecified atom stereocenters. The van der Waals surface area contributed by atoms with Crippen LogP contribution in [-0.4, -0.2) is 28.5 Å².